The van der Waals surface area contributed by atoms with Crippen LogP contribution in [0.4, 0.5) is 4.79 Å². The van der Waals surface area contributed by atoms with Crippen LogP contribution in [0.1, 0.15) is 45.7 Å². The summed E-state index contributed by atoms with van der Waals surface area (Å²) in [6.07, 6.45) is -0.318. The number of rotatable bonds is 8. The van der Waals surface area contributed by atoms with Crippen molar-refractivity contribution in [2.45, 2.75) is 59.4 Å². The van der Waals surface area contributed by atoms with Gasteiger partial charge in [-0.15, -0.1) is 0 Å². The largest absolute Gasteiger partial charge is 0.444 e. The van der Waals surface area contributed by atoms with Gasteiger partial charge in [0.1, 0.15) is 5.60 Å². The molecule has 0 unspecified atom stereocenters. The average molecular weight is 406 g/mol. The van der Waals surface area contributed by atoms with Gasteiger partial charge in [-0.1, -0.05) is 24.3 Å². The van der Waals surface area contributed by atoms with Gasteiger partial charge in [-0.3, -0.25) is 4.99 Å². The summed E-state index contributed by atoms with van der Waals surface area (Å²) in [6.45, 7) is 13.0. The van der Waals surface area contributed by atoms with Crippen molar-refractivity contribution >= 4 is 12.1 Å². The molecule has 0 aromatic heterocycles. The number of guanidine groups is 1. The summed E-state index contributed by atoms with van der Waals surface area (Å²) in [5.41, 5.74) is 1.72. The van der Waals surface area contributed by atoms with Crippen molar-refractivity contribution in [2.75, 3.05) is 34.2 Å². The summed E-state index contributed by atoms with van der Waals surface area (Å²) in [7, 11) is 5.64. The first-order valence-electron chi connectivity index (χ1n) is 10.2. The molecule has 0 aliphatic heterocycles. The number of likely N-dealkylation sites (N-methyl/N-ethyl adjacent to an activating group) is 1. The summed E-state index contributed by atoms with van der Waals surface area (Å²) in [5.74, 6) is 0.788. The van der Waals surface area contributed by atoms with Crippen LogP contribution >= 0.6 is 0 Å². The highest BCUT2D eigenvalue weighted by Gasteiger charge is 2.19. The standard InChI is InChI=1S/C22H39N5O2/c1-17(2)26(7)14-13-24-20(23-6)25-15-18-9-11-19(12-10-18)16-27(8)21(28)29-22(3,4)5/h9-12,17H,13-16H2,1-8H3,(H2,23,24,25). The van der Waals surface area contributed by atoms with E-state index in [1.165, 1.54) is 0 Å². The number of carbonyl (C=O) groups is 1. The Morgan fingerprint density at radius 3 is 2.21 bits per heavy atom. The molecule has 0 fully saturated rings. The highest BCUT2D eigenvalue weighted by atomic mass is 16.6. The summed E-state index contributed by atoms with van der Waals surface area (Å²) >= 11 is 0. The molecular formula is C22H39N5O2. The number of hydrogen-bond acceptors (Lipinski definition) is 4. The monoisotopic (exact) mass is 405 g/mol. The highest BCUT2D eigenvalue weighted by Crippen LogP contribution is 2.12. The van der Waals surface area contributed by atoms with Crippen LogP contribution in [0, 0.1) is 0 Å². The third-order valence-electron chi connectivity index (χ3n) is 4.47. The third-order valence-corrected chi connectivity index (χ3v) is 4.47. The quantitative estimate of drug-likeness (QED) is 0.514. The van der Waals surface area contributed by atoms with Gasteiger partial charge in [0.25, 0.3) is 0 Å². The van der Waals surface area contributed by atoms with Crippen LogP contribution in [0.25, 0.3) is 0 Å². The van der Waals surface area contributed by atoms with Crippen LogP contribution < -0.4 is 10.6 Å². The molecule has 1 amide bonds. The van der Waals surface area contributed by atoms with Gasteiger partial charge in [0.15, 0.2) is 5.96 Å². The first kappa shape index (κ1) is 24.8. The van der Waals surface area contributed by atoms with Crippen molar-refractivity contribution in [3.63, 3.8) is 0 Å². The minimum Gasteiger partial charge on any atom is -0.444 e. The predicted molar refractivity (Wildman–Crippen MR) is 120 cm³/mol. The molecule has 1 aromatic carbocycles. The number of amides is 1. The van der Waals surface area contributed by atoms with E-state index in [9.17, 15) is 4.79 Å². The molecule has 0 saturated carbocycles. The molecule has 0 aliphatic carbocycles. The van der Waals surface area contributed by atoms with E-state index in [4.69, 9.17) is 4.74 Å². The fourth-order valence-corrected chi connectivity index (χ4v) is 2.46. The van der Waals surface area contributed by atoms with Gasteiger partial charge in [0.05, 0.1) is 0 Å². The lowest BCUT2D eigenvalue weighted by Crippen LogP contribution is -2.41. The van der Waals surface area contributed by atoms with E-state index in [0.717, 1.165) is 30.2 Å². The first-order chi connectivity index (χ1) is 13.5. The second-order valence-electron chi connectivity index (χ2n) is 8.58. The zero-order valence-electron chi connectivity index (χ0n) is 19.4. The Labute approximate surface area is 176 Å². The maximum atomic E-state index is 12.1. The molecule has 29 heavy (non-hydrogen) atoms. The normalized spacial score (nSPS) is 12.3. The fraction of sp³-hybridized carbons (Fsp3) is 0.636. The maximum Gasteiger partial charge on any atom is 0.410 e. The Morgan fingerprint density at radius 2 is 1.69 bits per heavy atom. The number of nitrogens with zero attached hydrogens (tertiary/aromatic N) is 3. The summed E-state index contributed by atoms with van der Waals surface area (Å²) in [6, 6.07) is 8.72. The average Bonchev–Trinajstić information content (AvgIpc) is 2.63. The second-order valence-corrected chi connectivity index (χ2v) is 8.58. The lowest BCUT2D eigenvalue weighted by atomic mass is 10.1. The molecule has 164 valence electrons. The van der Waals surface area contributed by atoms with Gasteiger partial charge >= 0.3 is 6.09 Å². The molecule has 7 heteroatoms. The van der Waals surface area contributed by atoms with Crippen LogP contribution in [0.5, 0.6) is 0 Å². The van der Waals surface area contributed by atoms with Crippen molar-refractivity contribution in [1.29, 1.82) is 0 Å². The molecule has 2 N–H and O–H groups in total. The Bertz CT molecular complexity index is 650. The molecule has 0 atom stereocenters. The van der Waals surface area contributed by atoms with Gasteiger partial charge in [0.2, 0.25) is 0 Å². The maximum absolute atomic E-state index is 12.1. The third kappa shape index (κ3) is 10.2. The van der Waals surface area contributed by atoms with Gasteiger partial charge in [0, 0.05) is 46.3 Å². The van der Waals surface area contributed by atoms with E-state index in [1.54, 1.807) is 19.0 Å². The van der Waals surface area contributed by atoms with E-state index in [2.05, 4.69) is 53.6 Å². The van der Waals surface area contributed by atoms with Gasteiger partial charge in [-0.05, 0) is 52.8 Å². The predicted octanol–water partition coefficient (Wildman–Crippen LogP) is 3.06. The van der Waals surface area contributed by atoms with Crippen molar-refractivity contribution in [3.05, 3.63) is 35.4 Å². The molecule has 1 rings (SSSR count). The van der Waals surface area contributed by atoms with Crippen molar-refractivity contribution in [2.24, 2.45) is 4.99 Å². The second kappa shape index (κ2) is 11.7. The van der Waals surface area contributed by atoms with E-state index in [-0.39, 0.29) is 6.09 Å². The van der Waals surface area contributed by atoms with Crippen molar-refractivity contribution < 1.29 is 9.53 Å². The molecule has 0 bridgehead atoms. The molecule has 0 aliphatic rings. The molecule has 0 heterocycles. The molecule has 0 spiro atoms. The molecule has 1 aromatic rings. The fourth-order valence-electron chi connectivity index (χ4n) is 2.46. The van der Waals surface area contributed by atoms with E-state index in [0.29, 0.717) is 19.1 Å². The van der Waals surface area contributed by atoms with Gasteiger partial charge in [-0.25, -0.2) is 4.79 Å². The zero-order valence-corrected chi connectivity index (χ0v) is 19.4. The summed E-state index contributed by atoms with van der Waals surface area (Å²) < 4.78 is 5.39. The Kier molecular flexibility index (Phi) is 9.95. The minimum absolute atomic E-state index is 0.318. The SMILES string of the molecule is CN=C(NCCN(C)C(C)C)NCc1ccc(CN(C)C(=O)OC(C)(C)C)cc1. The van der Waals surface area contributed by atoms with Crippen molar-refractivity contribution in [3.8, 4) is 0 Å². The number of hydrogen-bond donors (Lipinski definition) is 2. The number of ether oxygens (including phenoxy) is 1. The van der Waals surface area contributed by atoms with Crippen LogP contribution in [0.2, 0.25) is 0 Å². The number of benzene rings is 1. The summed E-state index contributed by atoms with van der Waals surface area (Å²) in [4.78, 5) is 20.2. The topological polar surface area (TPSA) is 69.2 Å². The lowest BCUT2D eigenvalue weighted by Gasteiger charge is -2.24. The number of nitrogens with one attached hydrogen (secondary N) is 2. The van der Waals surface area contributed by atoms with Gasteiger partial charge < -0.3 is 25.2 Å². The van der Waals surface area contributed by atoms with Crippen LogP contribution in [-0.2, 0) is 17.8 Å². The first-order valence-corrected chi connectivity index (χ1v) is 10.2. The number of aliphatic imine (C=N–C) groups is 1. The smallest absolute Gasteiger partial charge is 0.410 e. The summed E-state index contributed by atoms with van der Waals surface area (Å²) in [5, 5.41) is 6.66. The number of carbonyl (C=O) groups excluding carboxylic acids is 1. The van der Waals surface area contributed by atoms with E-state index < -0.39 is 5.60 Å². The molecule has 7 nitrogen and oxygen atoms in total. The van der Waals surface area contributed by atoms with Crippen LogP contribution in [0.15, 0.2) is 29.3 Å². The Hall–Kier alpha value is -2.28. The van der Waals surface area contributed by atoms with E-state index >= 15 is 0 Å². The van der Waals surface area contributed by atoms with Crippen LogP contribution in [0.3, 0.4) is 0 Å². The van der Waals surface area contributed by atoms with Crippen LogP contribution in [-0.4, -0.2) is 67.7 Å². The zero-order chi connectivity index (χ0) is 22.0. The van der Waals surface area contributed by atoms with E-state index in [1.807, 2.05) is 32.9 Å². The minimum atomic E-state index is -0.488. The van der Waals surface area contributed by atoms with Crippen molar-refractivity contribution in [1.82, 2.24) is 20.4 Å². The Morgan fingerprint density at radius 1 is 1.10 bits per heavy atom. The molecule has 0 saturated heterocycles. The van der Waals surface area contributed by atoms with Gasteiger partial charge in [-0.2, -0.15) is 0 Å². The Balaban J connectivity index is 2.46. The molecule has 0 radical (unpaired) electrons. The molecular weight excluding hydrogens is 366 g/mol. The lowest BCUT2D eigenvalue weighted by molar-refractivity contribution is 0.0285. The highest BCUT2D eigenvalue weighted by molar-refractivity contribution is 5.79.